The highest BCUT2D eigenvalue weighted by Gasteiger charge is 2.23. The van der Waals surface area contributed by atoms with E-state index >= 15 is 0 Å². The highest BCUT2D eigenvalue weighted by atomic mass is 32.1. The van der Waals surface area contributed by atoms with E-state index in [2.05, 4.69) is 73.8 Å². The van der Waals surface area contributed by atoms with Crippen molar-refractivity contribution in [2.24, 2.45) is 7.05 Å². The number of rotatable bonds is 4. The van der Waals surface area contributed by atoms with Crippen molar-refractivity contribution >= 4 is 27.2 Å². The van der Waals surface area contributed by atoms with Crippen molar-refractivity contribution < 1.29 is 4.57 Å². The zero-order valence-corrected chi connectivity index (χ0v) is 15.5. The number of benzene rings is 2. The Morgan fingerprint density at radius 1 is 1.12 bits per heavy atom. The van der Waals surface area contributed by atoms with Gasteiger partial charge in [-0.25, -0.2) is 0 Å². The van der Waals surface area contributed by atoms with Gasteiger partial charge in [0.1, 0.15) is 11.7 Å². The molecule has 24 heavy (non-hydrogen) atoms. The molecule has 0 aliphatic heterocycles. The average molecular weight is 335 g/mol. The minimum absolute atomic E-state index is 0.904. The lowest BCUT2D eigenvalue weighted by Gasteiger charge is -2.09. The molecule has 122 valence electrons. The number of aryl methyl sites for hydroxylation is 3. The predicted molar refractivity (Wildman–Crippen MR) is 105 cm³/mol. The fraction of sp³-hybridized carbons (Fsp3) is 0.190. The molecule has 3 aromatic rings. The summed E-state index contributed by atoms with van der Waals surface area (Å²) < 4.78 is 3.55. The first-order valence-electron chi connectivity index (χ1n) is 8.09. The predicted octanol–water partition coefficient (Wildman–Crippen LogP) is 5.51. The lowest BCUT2D eigenvalue weighted by molar-refractivity contribution is -0.629. The van der Waals surface area contributed by atoms with Crippen LogP contribution in [0.2, 0.25) is 0 Å². The molecule has 2 nitrogen and oxygen atoms in total. The van der Waals surface area contributed by atoms with Crippen molar-refractivity contribution in [2.75, 3.05) is 5.32 Å². The van der Waals surface area contributed by atoms with Crippen LogP contribution in [0.1, 0.15) is 18.1 Å². The highest BCUT2D eigenvalue weighted by molar-refractivity contribution is 7.21. The van der Waals surface area contributed by atoms with Crippen LogP contribution in [-0.4, -0.2) is 0 Å². The van der Waals surface area contributed by atoms with Crippen LogP contribution < -0.4 is 9.88 Å². The molecular formula is C21H23N2S+. The Morgan fingerprint density at radius 2 is 1.88 bits per heavy atom. The first kappa shape index (κ1) is 16.5. The third-order valence-electron chi connectivity index (χ3n) is 4.24. The van der Waals surface area contributed by atoms with Crippen molar-refractivity contribution in [1.82, 2.24) is 0 Å². The van der Waals surface area contributed by atoms with Gasteiger partial charge in [-0.3, -0.25) is 0 Å². The molecule has 1 N–H and O–H groups in total. The van der Waals surface area contributed by atoms with E-state index < -0.39 is 0 Å². The van der Waals surface area contributed by atoms with Gasteiger partial charge in [-0.1, -0.05) is 48.3 Å². The maximum Gasteiger partial charge on any atom is 0.270 e. The zero-order chi connectivity index (χ0) is 17.3. The van der Waals surface area contributed by atoms with Crippen LogP contribution >= 0.6 is 11.3 Å². The Bertz CT molecular complexity index is 948. The van der Waals surface area contributed by atoms with E-state index in [9.17, 15) is 0 Å². The molecular weight excluding hydrogens is 312 g/mol. The maximum atomic E-state index is 4.09. The SMILES string of the molecule is C=C(/C=C\C)Nc1c(C)ccc2c1sc(-c1ccccc1C)[n+]2C. The van der Waals surface area contributed by atoms with E-state index in [1.165, 1.54) is 31.9 Å². The van der Waals surface area contributed by atoms with Gasteiger partial charge in [0, 0.05) is 11.8 Å². The Hall–Kier alpha value is -2.39. The summed E-state index contributed by atoms with van der Waals surface area (Å²) in [5, 5.41) is 4.75. The van der Waals surface area contributed by atoms with Gasteiger partial charge in [0.2, 0.25) is 5.52 Å². The van der Waals surface area contributed by atoms with Crippen LogP contribution in [0.25, 0.3) is 20.8 Å². The summed E-state index contributed by atoms with van der Waals surface area (Å²) in [6, 6.07) is 12.9. The van der Waals surface area contributed by atoms with E-state index in [4.69, 9.17) is 0 Å². The zero-order valence-electron chi connectivity index (χ0n) is 14.7. The highest BCUT2D eigenvalue weighted by Crippen LogP contribution is 2.36. The Kier molecular flexibility index (Phi) is 4.54. The molecule has 0 spiro atoms. The molecule has 0 bridgehead atoms. The molecule has 0 radical (unpaired) electrons. The molecule has 3 heteroatoms. The largest absolute Gasteiger partial charge is 0.354 e. The van der Waals surface area contributed by atoms with E-state index in [1.54, 1.807) is 0 Å². The van der Waals surface area contributed by atoms with E-state index in [-0.39, 0.29) is 0 Å². The Morgan fingerprint density at radius 3 is 2.58 bits per heavy atom. The van der Waals surface area contributed by atoms with E-state index in [1.807, 2.05) is 30.4 Å². The number of anilines is 1. The van der Waals surface area contributed by atoms with Crippen molar-refractivity contribution in [1.29, 1.82) is 0 Å². The molecule has 3 rings (SSSR count). The number of fused-ring (bicyclic) bond motifs is 1. The van der Waals surface area contributed by atoms with Crippen LogP contribution in [0.4, 0.5) is 5.69 Å². The maximum absolute atomic E-state index is 4.09. The second-order valence-electron chi connectivity index (χ2n) is 6.04. The van der Waals surface area contributed by atoms with Crippen LogP contribution in [0.3, 0.4) is 0 Å². The quantitative estimate of drug-likeness (QED) is 0.491. The third kappa shape index (κ3) is 2.87. The number of thiazole rings is 1. The number of nitrogens with zero attached hydrogens (tertiary/aromatic N) is 1. The summed E-state index contributed by atoms with van der Waals surface area (Å²) in [6.45, 7) is 10.4. The molecule has 0 saturated carbocycles. The molecule has 0 atom stereocenters. The second-order valence-corrected chi connectivity index (χ2v) is 7.04. The smallest absolute Gasteiger partial charge is 0.270 e. The van der Waals surface area contributed by atoms with Crippen LogP contribution in [0.15, 0.2) is 60.8 Å². The molecule has 1 aromatic heterocycles. The minimum atomic E-state index is 0.904. The summed E-state index contributed by atoms with van der Waals surface area (Å²) >= 11 is 1.83. The van der Waals surface area contributed by atoms with Gasteiger partial charge >= 0.3 is 0 Å². The number of aromatic nitrogens is 1. The molecule has 0 saturated heterocycles. The van der Waals surface area contributed by atoms with Crippen molar-refractivity contribution in [2.45, 2.75) is 20.8 Å². The average Bonchev–Trinajstić information content (AvgIpc) is 2.88. The van der Waals surface area contributed by atoms with E-state index in [0.29, 0.717) is 0 Å². The van der Waals surface area contributed by atoms with Gasteiger partial charge in [0.25, 0.3) is 5.01 Å². The number of nitrogens with one attached hydrogen (secondary N) is 1. The Balaban J connectivity index is 2.21. The molecule has 0 amide bonds. The van der Waals surface area contributed by atoms with Crippen LogP contribution in [-0.2, 0) is 7.05 Å². The Labute approximate surface area is 147 Å². The lowest BCUT2D eigenvalue weighted by atomic mass is 10.1. The molecule has 0 aliphatic carbocycles. The van der Waals surface area contributed by atoms with E-state index in [0.717, 1.165) is 11.4 Å². The molecule has 2 aromatic carbocycles. The number of hydrogen-bond donors (Lipinski definition) is 1. The summed E-state index contributed by atoms with van der Waals surface area (Å²) in [6.07, 6.45) is 3.99. The molecule has 0 unspecified atom stereocenters. The number of allylic oxidation sites excluding steroid dienone is 2. The fourth-order valence-corrected chi connectivity index (χ4v) is 4.31. The minimum Gasteiger partial charge on any atom is -0.354 e. The van der Waals surface area contributed by atoms with Crippen LogP contribution in [0, 0.1) is 13.8 Å². The first-order chi connectivity index (χ1) is 11.5. The standard InChI is InChI=1S/C21H23N2S/c1-6-9-16(4)22-19-15(3)12-13-18-20(19)24-21(23(18)5)17-11-8-7-10-14(17)2/h6-13,22H,4H2,1-3,5H3/q+1/b9-6-. The van der Waals surface area contributed by atoms with Gasteiger partial charge in [0.15, 0.2) is 0 Å². The van der Waals surface area contributed by atoms with Crippen LogP contribution in [0.5, 0.6) is 0 Å². The normalized spacial score (nSPS) is 11.3. The fourth-order valence-electron chi connectivity index (χ4n) is 2.92. The van der Waals surface area contributed by atoms with Gasteiger partial charge in [-0.05, 0) is 44.0 Å². The van der Waals surface area contributed by atoms with Crippen molar-refractivity contribution in [3.8, 4) is 10.6 Å². The summed E-state index contributed by atoms with van der Waals surface area (Å²) in [5.41, 5.74) is 7.10. The van der Waals surface area contributed by atoms with Gasteiger partial charge in [-0.15, -0.1) is 0 Å². The lowest BCUT2D eigenvalue weighted by Crippen LogP contribution is -2.28. The monoisotopic (exact) mass is 335 g/mol. The third-order valence-corrected chi connectivity index (χ3v) is 5.54. The summed E-state index contributed by atoms with van der Waals surface area (Å²) in [4.78, 5) is 0. The van der Waals surface area contributed by atoms with Crippen molar-refractivity contribution in [3.05, 3.63) is 72.0 Å². The molecule has 1 heterocycles. The van der Waals surface area contributed by atoms with Gasteiger partial charge < -0.3 is 5.32 Å². The topological polar surface area (TPSA) is 15.9 Å². The molecule has 0 aliphatic rings. The molecule has 0 fully saturated rings. The van der Waals surface area contributed by atoms with Gasteiger partial charge in [-0.2, -0.15) is 4.57 Å². The number of hydrogen-bond acceptors (Lipinski definition) is 2. The summed E-state index contributed by atoms with van der Waals surface area (Å²) in [7, 11) is 2.14. The van der Waals surface area contributed by atoms with Crippen molar-refractivity contribution in [3.63, 3.8) is 0 Å². The van der Waals surface area contributed by atoms with Gasteiger partial charge in [0.05, 0.1) is 11.3 Å². The first-order valence-corrected chi connectivity index (χ1v) is 8.91. The second kappa shape index (κ2) is 6.62. The summed E-state index contributed by atoms with van der Waals surface area (Å²) in [5.74, 6) is 0.